The molecule has 1 saturated heterocycles. The van der Waals surface area contributed by atoms with Crippen LogP contribution in [-0.4, -0.2) is 59.2 Å². The zero-order chi connectivity index (χ0) is 22.1. The number of hydrogen-bond donors (Lipinski definition) is 4. The number of aliphatic hydroxyl groups excluding tert-OH is 1. The molecule has 0 radical (unpaired) electrons. The van der Waals surface area contributed by atoms with Gasteiger partial charge in [-0.2, -0.15) is 0 Å². The van der Waals surface area contributed by atoms with Gasteiger partial charge in [0.25, 0.3) is 11.8 Å². The van der Waals surface area contributed by atoms with Crippen LogP contribution in [0.3, 0.4) is 0 Å². The van der Waals surface area contributed by atoms with Gasteiger partial charge in [-0.25, -0.2) is 4.79 Å². The predicted octanol–water partition coefficient (Wildman–Crippen LogP) is 0.335. The summed E-state index contributed by atoms with van der Waals surface area (Å²) in [6, 6.07) is 11.1. The van der Waals surface area contributed by atoms with Gasteiger partial charge >= 0.3 is 5.97 Å². The number of amides is 2. The fraction of sp³-hybridized carbons (Fsp3) is 0.238. The van der Waals surface area contributed by atoms with Gasteiger partial charge < -0.3 is 30.9 Å². The SMILES string of the molecule is NC1=NCc2cc(NC(=O)[C@H](O)[C@H]3OCCN(c4ccccc4C(=O)O)C3=O)ccc21. The van der Waals surface area contributed by atoms with Crippen LogP contribution in [0.5, 0.6) is 0 Å². The van der Waals surface area contributed by atoms with Crippen molar-refractivity contribution in [3.05, 3.63) is 59.2 Å². The topological polar surface area (TPSA) is 155 Å². The molecule has 4 rings (SSSR count). The van der Waals surface area contributed by atoms with E-state index in [9.17, 15) is 24.6 Å². The van der Waals surface area contributed by atoms with Gasteiger partial charge in [0.05, 0.1) is 24.4 Å². The van der Waals surface area contributed by atoms with Crippen LogP contribution in [0.25, 0.3) is 0 Å². The predicted molar refractivity (Wildman–Crippen MR) is 111 cm³/mol. The molecule has 0 aromatic heterocycles. The van der Waals surface area contributed by atoms with Crippen LogP contribution in [0.2, 0.25) is 0 Å². The maximum atomic E-state index is 12.9. The minimum atomic E-state index is -1.79. The highest BCUT2D eigenvalue weighted by Gasteiger charge is 2.40. The lowest BCUT2D eigenvalue weighted by Crippen LogP contribution is -2.55. The molecule has 2 aliphatic rings. The fourth-order valence-corrected chi connectivity index (χ4v) is 3.62. The van der Waals surface area contributed by atoms with Crippen molar-refractivity contribution in [2.24, 2.45) is 10.7 Å². The molecule has 0 aliphatic carbocycles. The number of aromatic carboxylic acids is 1. The molecule has 31 heavy (non-hydrogen) atoms. The lowest BCUT2D eigenvalue weighted by molar-refractivity contribution is -0.150. The molecule has 160 valence electrons. The average Bonchev–Trinajstić information content (AvgIpc) is 3.13. The summed E-state index contributed by atoms with van der Waals surface area (Å²) in [6.45, 7) is 0.528. The second-order valence-electron chi connectivity index (χ2n) is 7.11. The molecule has 2 aromatic carbocycles. The van der Waals surface area contributed by atoms with Gasteiger partial charge in [-0.05, 0) is 35.9 Å². The fourth-order valence-electron chi connectivity index (χ4n) is 3.62. The van der Waals surface area contributed by atoms with Gasteiger partial charge in [0.2, 0.25) is 0 Å². The number of para-hydroxylation sites is 1. The van der Waals surface area contributed by atoms with E-state index < -0.39 is 30.0 Å². The Morgan fingerprint density at radius 3 is 2.81 bits per heavy atom. The van der Waals surface area contributed by atoms with Crippen LogP contribution >= 0.6 is 0 Å². The first-order chi connectivity index (χ1) is 14.9. The lowest BCUT2D eigenvalue weighted by Gasteiger charge is -2.34. The minimum Gasteiger partial charge on any atom is -0.478 e. The van der Waals surface area contributed by atoms with Gasteiger partial charge in [0, 0.05) is 17.8 Å². The summed E-state index contributed by atoms with van der Waals surface area (Å²) in [5.74, 6) is -2.28. The Labute approximate surface area is 176 Å². The second kappa shape index (κ2) is 8.17. The number of anilines is 2. The van der Waals surface area contributed by atoms with E-state index in [4.69, 9.17) is 10.5 Å². The van der Waals surface area contributed by atoms with Gasteiger partial charge in [0.15, 0.2) is 12.2 Å². The molecule has 0 spiro atoms. The number of carboxylic acids is 1. The molecule has 2 atom stereocenters. The Morgan fingerprint density at radius 1 is 1.26 bits per heavy atom. The largest absolute Gasteiger partial charge is 0.478 e. The van der Waals surface area contributed by atoms with Crippen LogP contribution < -0.4 is 16.0 Å². The molecule has 2 aliphatic heterocycles. The van der Waals surface area contributed by atoms with Gasteiger partial charge in [-0.3, -0.25) is 14.6 Å². The molecule has 2 amide bonds. The lowest BCUT2D eigenvalue weighted by atomic mass is 10.1. The van der Waals surface area contributed by atoms with E-state index in [-0.39, 0.29) is 24.4 Å². The van der Waals surface area contributed by atoms with Crippen molar-refractivity contribution in [1.82, 2.24) is 0 Å². The molecule has 0 unspecified atom stereocenters. The first kappa shape index (κ1) is 20.5. The van der Waals surface area contributed by atoms with E-state index in [1.165, 1.54) is 17.0 Å². The van der Waals surface area contributed by atoms with Crippen LogP contribution in [0, 0.1) is 0 Å². The Balaban J connectivity index is 1.49. The second-order valence-corrected chi connectivity index (χ2v) is 7.11. The van der Waals surface area contributed by atoms with E-state index in [0.29, 0.717) is 18.1 Å². The molecule has 1 fully saturated rings. The highest BCUT2D eigenvalue weighted by molar-refractivity contribution is 6.07. The maximum Gasteiger partial charge on any atom is 0.337 e. The molecular formula is C21H20N4O6. The zero-order valence-corrected chi connectivity index (χ0v) is 16.3. The number of nitrogens with zero attached hydrogens (tertiary/aromatic N) is 2. The molecule has 10 heteroatoms. The number of nitrogens with one attached hydrogen (secondary N) is 1. The van der Waals surface area contributed by atoms with Crippen molar-refractivity contribution in [2.45, 2.75) is 18.8 Å². The van der Waals surface area contributed by atoms with E-state index in [0.717, 1.165) is 11.1 Å². The number of amidine groups is 1. The third-order valence-corrected chi connectivity index (χ3v) is 5.17. The van der Waals surface area contributed by atoms with E-state index in [2.05, 4.69) is 10.3 Å². The van der Waals surface area contributed by atoms with E-state index in [1.807, 2.05) is 0 Å². The Kier molecular flexibility index (Phi) is 5.40. The summed E-state index contributed by atoms with van der Waals surface area (Å²) in [4.78, 5) is 42.3. The highest BCUT2D eigenvalue weighted by atomic mass is 16.5. The molecule has 5 N–H and O–H groups in total. The summed E-state index contributed by atoms with van der Waals surface area (Å²) in [7, 11) is 0. The smallest absolute Gasteiger partial charge is 0.337 e. The Morgan fingerprint density at radius 2 is 2.03 bits per heavy atom. The number of fused-ring (bicyclic) bond motifs is 1. The first-order valence-corrected chi connectivity index (χ1v) is 9.54. The molecule has 0 saturated carbocycles. The number of carbonyl (C=O) groups is 3. The number of rotatable bonds is 5. The molecule has 0 bridgehead atoms. The van der Waals surface area contributed by atoms with Gasteiger partial charge in [-0.15, -0.1) is 0 Å². The third kappa shape index (κ3) is 3.86. The van der Waals surface area contributed by atoms with Crippen LogP contribution in [0.4, 0.5) is 11.4 Å². The first-order valence-electron chi connectivity index (χ1n) is 9.54. The van der Waals surface area contributed by atoms with Crippen molar-refractivity contribution in [2.75, 3.05) is 23.4 Å². The molecular weight excluding hydrogens is 404 g/mol. The Hall–Kier alpha value is -3.76. The van der Waals surface area contributed by atoms with Crippen molar-refractivity contribution in [3.63, 3.8) is 0 Å². The average molecular weight is 424 g/mol. The summed E-state index contributed by atoms with van der Waals surface area (Å²) < 4.78 is 5.37. The van der Waals surface area contributed by atoms with Gasteiger partial charge in [0.1, 0.15) is 5.84 Å². The monoisotopic (exact) mass is 424 g/mol. The maximum absolute atomic E-state index is 12.9. The number of hydrogen-bond acceptors (Lipinski definition) is 7. The van der Waals surface area contributed by atoms with Crippen molar-refractivity contribution >= 4 is 35.0 Å². The van der Waals surface area contributed by atoms with E-state index in [1.54, 1.807) is 30.3 Å². The number of carbonyl (C=O) groups excluding carboxylic acids is 2. The van der Waals surface area contributed by atoms with Crippen LogP contribution in [0.1, 0.15) is 21.5 Å². The number of morpholine rings is 1. The Bertz CT molecular complexity index is 1100. The third-order valence-electron chi connectivity index (χ3n) is 5.17. The molecule has 10 nitrogen and oxygen atoms in total. The van der Waals surface area contributed by atoms with Crippen LogP contribution in [-0.2, 0) is 20.9 Å². The molecule has 2 heterocycles. The quantitative estimate of drug-likeness (QED) is 0.539. The zero-order valence-electron chi connectivity index (χ0n) is 16.3. The number of aliphatic imine (C=N–C) groups is 1. The number of ether oxygens (including phenoxy) is 1. The highest BCUT2D eigenvalue weighted by Crippen LogP contribution is 2.25. The van der Waals surface area contributed by atoms with Gasteiger partial charge in [-0.1, -0.05) is 12.1 Å². The van der Waals surface area contributed by atoms with Crippen molar-refractivity contribution < 1.29 is 29.3 Å². The summed E-state index contributed by atoms with van der Waals surface area (Å²) in [6.07, 6.45) is -3.26. The number of nitrogens with two attached hydrogens (primary N) is 1. The summed E-state index contributed by atoms with van der Waals surface area (Å²) in [5, 5.41) is 22.5. The number of aliphatic hydroxyl groups is 1. The van der Waals surface area contributed by atoms with Crippen molar-refractivity contribution in [1.29, 1.82) is 0 Å². The van der Waals surface area contributed by atoms with Crippen molar-refractivity contribution in [3.8, 4) is 0 Å². The summed E-state index contributed by atoms with van der Waals surface area (Å²) in [5.41, 5.74) is 7.94. The number of benzene rings is 2. The molecule has 2 aromatic rings. The van der Waals surface area contributed by atoms with Crippen LogP contribution in [0.15, 0.2) is 47.5 Å². The normalized spacial score (nSPS) is 18.9. The van der Waals surface area contributed by atoms with E-state index >= 15 is 0 Å². The number of carboxylic acid groups (broad SMARTS) is 1. The minimum absolute atomic E-state index is 0.0319. The summed E-state index contributed by atoms with van der Waals surface area (Å²) >= 11 is 0. The standard InChI is InChI=1S/C21H20N4O6/c22-18-13-6-5-12(9-11(13)10-23-18)24-19(27)16(26)17-20(28)25(7-8-31-17)15-4-2-1-3-14(15)21(29)30/h1-6,9,16-17,26H,7-8,10H2,(H2,22,23)(H,24,27)(H,29,30)/t16-,17-/m1/s1.